The molecule has 0 saturated carbocycles. The smallest absolute Gasteiger partial charge is 0.339 e. The largest absolute Gasteiger partial charge is 0.482 e. The lowest BCUT2D eigenvalue weighted by Crippen LogP contribution is -2.20. The predicted octanol–water partition coefficient (Wildman–Crippen LogP) is 4.39. The zero-order valence-electron chi connectivity index (χ0n) is 14.7. The van der Waals surface area contributed by atoms with Crippen LogP contribution in [0.2, 0.25) is 5.02 Å². The molecular formula is C20H18ClNO4. The van der Waals surface area contributed by atoms with Gasteiger partial charge in [-0.1, -0.05) is 29.3 Å². The van der Waals surface area contributed by atoms with E-state index in [1.165, 1.54) is 6.07 Å². The molecule has 1 amide bonds. The quantitative estimate of drug-likeness (QED) is 0.690. The first kappa shape index (κ1) is 18.0. The highest BCUT2D eigenvalue weighted by Crippen LogP contribution is 2.31. The molecule has 1 heterocycles. The van der Waals surface area contributed by atoms with E-state index in [1.54, 1.807) is 13.0 Å². The molecule has 5 nitrogen and oxygen atoms in total. The van der Waals surface area contributed by atoms with E-state index < -0.39 is 5.63 Å². The number of anilines is 1. The number of halogens is 1. The Labute approximate surface area is 155 Å². The Morgan fingerprint density at radius 2 is 1.81 bits per heavy atom. The van der Waals surface area contributed by atoms with Gasteiger partial charge < -0.3 is 14.5 Å². The topological polar surface area (TPSA) is 68.5 Å². The van der Waals surface area contributed by atoms with Crippen LogP contribution in [0, 0.1) is 20.8 Å². The second kappa shape index (κ2) is 7.22. The number of hydrogen-bond donors (Lipinski definition) is 1. The Kier molecular flexibility index (Phi) is 5.00. The number of carbonyl (C=O) groups excluding carboxylic acids is 1. The van der Waals surface area contributed by atoms with Crippen molar-refractivity contribution >= 4 is 34.2 Å². The number of fused-ring (bicyclic) bond motifs is 1. The molecule has 0 aliphatic heterocycles. The molecule has 134 valence electrons. The third kappa shape index (κ3) is 3.73. The van der Waals surface area contributed by atoms with E-state index in [1.807, 2.05) is 38.1 Å². The van der Waals surface area contributed by atoms with Crippen LogP contribution in [0.1, 0.15) is 16.7 Å². The molecule has 0 atom stereocenters. The van der Waals surface area contributed by atoms with Gasteiger partial charge in [-0.25, -0.2) is 4.79 Å². The van der Waals surface area contributed by atoms with Crippen LogP contribution in [-0.4, -0.2) is 12.5 Å². The van der Waals surface area contributed by atoms with Crippen molar-refractivity contribution in [2.75, 3.05) is 11.9 Å². The Morgan fingerprint density at radius 1 is 1.12 bits per heavy atom. The van der Waals surface area contributed by atoms with Crippen LogP contribution >= 0.6 is 11.6 Å². The van der Waals surface area contributed by atoms with E-state index in [-0.39, 0.29) is 18.3 Å². The summed E-state index contributed by atoms with van der Waals surface area (Å²) in [7, 11) is 0. The number of benzene rings is 2. The molecule has 6 heteroatoms. The predicted molar refractivity (Wildman–Crippen MR) is 102 cm³/mol. The molecule has 1 aromatic heterocycles. The molecule has 0 unspecified atom stereocenters. The van der Waals surface area contributed by atoms with Gasteiger partial charge in [0.1, 0.15) is 11.3 Å². The maximum atomic E-state index is 12.0. The van der Waals surface area contributed by atoms with Gasteiger partial charge in [0.25, 0.3) is 5.91 Å². The second-order valence-electron chi connectivity index (χ2n) is 6.12. The summed E-state index contributed by atoms with van der Waals surface area (Å²) in [6.45, 7) is 5.29. The van der Waals surface area contributed by atoms with Crippen molar-refractivity contribution in [2.45, 2.75) is 20.8 Å². The average molecular weight is 372 g/mol. The molecular weight excluding hydrogens is 354 g/mol. The lowest BCUT2D eigenvalue weighted by atomic mass is 10.1. The van der Waals surface area contributed by atoms with E-state index in [0.29, 0.717) is 21.9 Å². The van der Waals surface area contributed by atoms with E-state index in [9.17, 15) is 9.59 Å². The van der Waals surface area contributed by atoms with Gasteiger partial charge in [0.05, 0.1) is 5.02 Å². The van der Waals surface area contributed by atoms with Gasteiger partial charge in [-0.15, -0.1) is 0 Å². The molecule has 0 aliphatic rings. The van der Waals surface area contributed by atoms with Gasteiger partial charge in [-0.05, 0) is 44.5 Å². The van der Waals surface area contributed by atoms with Crippen LogP contribution in [0.15, 0.2) is 45.6 Å². The monoisotopic (exact) mass is 371 g/mol. The van der Waals surface area contributed by atoms with Crippen LogP contribution in [0.4, 0.5) is 5.69 Å². The van der Waals surface area contributed by atoms with Gasteiger partial charge >= 0.3 is 5.63 Å². The molecule has 1 N–H and O–H groups in total. The summed E-state index contributed by atoms with van der Waals surface area (Å²) in [5, 5.41) is 3.83. The average Bonchev–Trinajstić information content (AvgIpc) is 2.61. The zero-order chi connectivity index (χ0) is 18.8. The SMILES string of the molecule is Cc1ccc(NC(=O)COc2cc3oc(=O)c(C)c(C)c3cc2Cl)cc1. The standard InChI is InChI=1S/C20H18ClNO4/c1-11-4-6-14(7-5-11)22-19(23)10-25-18-9-17-15(8-16(18)21)12(2)13(3)20(24)26-17/h4-9H,10H2,1-3H3,(H,22,23). The highest BCUT2D eigenvalue weighted by Gasteiger charge is 2.13. The van der Waals surface area contributed by atoms with Crippen LogP contribution < -0.4 is 15.7 Å². The number of ether oxygens (including phenoxy) is 1. The molecule has 0 saturated heterocycles. The normalized spacial score (nSPS) is 10.8. The molecule has 2 aromatic carbocycles. The highest BCUT2D eigenvalue weighted by atomic mass is 35.5. The number of aryl methyl sites for hydroxylation is 2. The van der Waals surface area contributed by atoms with Gasteiger partial charge in [0.2, 0.25) is 0 Å². The lowest BCUT2D eigenvalue weighted by molar-refractivity contribution is -0.118. The van der Waals surface area contributed by atoms with Crippen LogP contribution in [0.3, 0.4) is 0 Å². The van der Waals surface area contributed by atoms with Gasteiger partial charge in [0.15, 0.2) is 6.61 Å². The summed E-state index contributed by atoms with van der Waals surface area (Å²) >= 11 is 6.25. The van der Waals surface area contributed by atoms with Crippen LogP contribution in [0.5, 0.6) is 5.75 Å². The number of hydrogen-bond acceptors (Lipinski definition) is 4. The van der Waals surface area contributed by atoms with Crippen LogP contribution in [0.25, 0.3) is 11.0 Å². The van der Waals surface area contributed by atoms with Crippen molar-refractivity contribution in [2.24, 2.45) is 0 Å². The molecule has 26 heavy (non-hydrogen) atoms. The number of amides is 1. The zero-order valence-corrected chi connectivity index (χ0v) is 15.4. The summed E-state index contributed by atoms with van der Waals surface area (Å²) in [4.78, 5) is 23.9. The van der Waals surface area contributed by atoms with E-state index in [4.69, 9.17) is 20.8 Å². The second-order valence-corrected chi connectivity index (χ2v) is 6.53. The minimum atomic E-state index is -0.402. The minimum Gasteiger partial charge on any atom is -0.482 e. The Hall–Kier alpha value is -2.79. The van der Waals surface area contributed by atoms with Gasteiger partial charge in [-0.3, -0.25) is 4.79 Å². The van der Waals surface area contributed by atoms with Crippen molar-refractivity contribution in [3.63, 3.8) is 0 Å². The Bertz CT molecular complexity index is 1040. The van der Waals surface area contributed by atoms with Crippen molar-refractivity contribution < 1.29 is 13.9 Å². The summed E-state index contributed by atoms with van der Waals surface area (Å²) in [6.07, 6.45) is 0. The highest BCUT2D eigenvalue weighted by molar-refractivity contribution is 6.32. The molecule has 0 spiro atoms. The first-order valence-corrected chi connectivity index (χ1v) is 8.46. The minimum absolute atomic E-state index is 0.214. The molecule has 0 radical (unpaired) electrons. The maximum absolute atomic E-state index is 12.0. The fourth-order valence-corrected chi connectivity index (χ4v) is 2.75. The van der Waals surface area contributed by atoms with Crippen molar-refractivity contribution in [1.29, 1.82) is 0 Å². The lowest BCUT2D eigenvalue weighted by Gasteiger charge is -2.11. The molecule has 0 fully saturated rings. The third-order valence-corrected chi connectivity index (χ3v) is 4.50. The summed E-state index contributed by atoms with van der Waals surface area (Å²) in [6, 6.07) is 10.7. The summed E-state index contributed by atoms with van der Waals surface area (Å²) in [5.74, 6) is -0.0313. The Balaban J connectivity index is 1.77. The molecule has 0 bridgehead atoms. The Morgan fingerprint density at radius 3 is 2.50 bits per heavy atom. The first-order valence-electron chi connectivity index (χ1n) is 8.08. The molecule has 3 aromatic rings. The van der Waals surface area contributed by atoms with Crippen molar-refractivity contribution in [1.82, 2.24) is 0 Å². The fraction of sp³-hybridized carbons (Fsp3) is 0.200. The van der Waals surface area contributed by atoms with Crippen molar-refractivity contribution in [3.8, 4) is 5.75 Å². The van der Waals surface area contributed by atoms with E-state index >= 15 is 0 Å². The number of nitrogens with one attached hydrogen (secondary N) is 1. The fourth-order valence-electron chi connectivity index (χ4n) is 2.53. The van der Waals surface area contributed by atoms with Gasteiger partial charge in [-0.2, -0.15) is 0 Å². The first-order chi connectivity index (χ1) is 12.3. The summed E-state index contributed by atoms with van der Waals surface area (Å²) < 4.78 is 10.8. The van der Waals surface area contributed by atoms with Crippen LogP contribution in [-0.2, 0) is 4.79 Å². The number of carbonyl (C=O) groups is 1. The van der Waals surface area contributed by atoms with E-state index in [0.717, 1.165) is 16.5 Å². The van der Waals surface area contributed by atoms with E-state index in [2.05, 4.69) is 5.32 Å². The maximum Gasteiger partial charge on any atom is 0.339 e. The molecule has 0 aliphatic carbocycles. The van der Waals surface area contributed by atoms with Gasteiger partial charge in [0, 0.05) is 22.7 Å². The molecule has 3 rings (SSSR count). The van der Waals surface area contributed by atoms with Crippen molar-refractivity contribution in [3.05, 3.63) is 68.5 Å². The number of rotatable bonds is 4. The summed E-state index contributed by atoms with van der Waals surface area (Å²) in [5.41, 5.74) is 3.11. The third-order valence-electron chi connectivity index (χ3n) is 4.20.